The SMILES string of the molecule is CCCN(NC(=O)[C@@H]1C[C@@H](OCc2ccccc2)CN1C(=O)[C@@H](NC(=O)[C@H]([C@@H](C)CC)N(O)C(=O)[C@@H](CCC(=O)O)NC(=O)[C@H](CC(=O)O)NC(C)=O)C(C)C)C(=O)N(C)Cc1ccccc1. The Balaban J connectivity index is 1.94. The van der Waals surface area contributed by atoms with E-state index in [0.717, 1.165) is 18.1 Å². The van der Waals surface area contributed by atoms with Crippen molar-refractivity contribution in [3.05, 3.63) is 71.8 Å². The summed E-state index contributed by atoms with van der Waals surface area (Å²) in [6.07, 6.45) is -2.14. The van der Waals surface area contributed by atoms with Crippen LogP contribution in [0.15, 0.2) is 60.7 Å². The van der Waals surface area contributed by atoms with Gasteiger partial charge < -0.3 is 40.7 Å². The van der Waals surface area contributed by atoms with Crippen molar-refractivity contribution in [3.8, 4) is 0 Å². The number of nitrogens with zero attached hydrogens (tertiary/aromatic N) is 4. The van der Waals surface area contributed by atoms with Gasteiger partial charge in [-0.2, -0.15) is 0 Å². The second-order valence-corrected chi connectivity index (χ2v) is 17.0. The standard InChI is InChI=1S/C46H66N8O13/c1-8-22-53(46(65)51(7)25-31-16-12-10-13-17-31)50-42(61)36-23-33(67-27-32-18-14-11-15-19-32)26-52(36)45(64)39(28(3)4)49-43(62)40(29(5)9-2)54(66)44(63)34(20-21-37(56)57)48-41(60)35(24-38(58)59)47-30(6)55/h10-19,28-29,33-36,39-40,66H,8-9,20-27H2,1-7H3,(H,47,55)(H,48,60)(H,49,62)(H,50,61)(H,56,57)(H,58,59)/t29-,33+,34+,35-,36-,39-,40-/m0/s1. The number of hydrogen-bond acceptors (Lipinski definition) is 11. The fraction of sp³-hybridized carbons (Fsp3) is 0.543. The summed E-state index contributed by atoms with van der Waals surface area (Å²) in [6.45, 7) is 9.84. The fourth-order valence-corrected chi connectivity index (χ4v) is 7.45. The Kier molecular flexibility index (Phi) is 21.7. The first-order valence-corrected chi connectivity index (χ1v) is 22.3. The van der Waals surface area contributed by atoms with E-state index < -0.39 is 121 Å². The third kappa shape index (κ3) is 16.6. The maximum absolute atomic E-state index is 14.7. The van der Waals surface area contributed by atoms with Crippen LogP contribution in [0.5, 0.6) is 0 Å². The minimum absolute atomic E-state index is 0.0320. The number of carboxylic acid groups (broad SMARTS) is 2. The number of likely N-dealkylation sites (tertiary alicyclic amines) is 1. The minimum Gasteiger partial charge on any atom is -0.481 e. The lowest BCUT2D eigenvalue weighted by molar-refractivity contribution is -0.187. The van der Waals surface area contributed by atoms with E-state index in [1.165, 1.54) is 21.7 Å². The van der Waals surface area contributed by atoms with Crippen LogP contribution in [0.1, 0.15) is 91.2 Å². The van der Waals surface area contributed by atoms with Gasteiger partial charge in [0.15, 0.2) is 0 Å². The van der Waals surface area contributed by atoms with Crippen molar-refractivity contribution in [2.75, 3.05) is 20.1 Å². The van der Waals surface area contributed by atoms with Gasteiger partial charge >= 0.3 is 18.0 Å². The number of carboxylic acids is 2. The molecule has 0 bridgehead atoms. The number of hydroxylamine groups is 2. The highest BCUT2D eigenvalue weighted by atomic mass is 16.5. The molecule has 1 aliphatic rings. The lowest BCUT2D eigenvalue weighted by atomic mass is 9.95. The third-order valence-corrected chi connectivity index (χ3v) is 11.2. The normalized spacial score (nSPS) is 16.6. The number of hydrogen-bond donors (Lipinski definition) is 7. The Morgan fingerprint density at radius 2 is 1.43 bits per heavy atom. The van der Waals surface area contributed by atoms with Gasteiger partial charge in [0.2, 0.25) is 23.6 Å². The van der Waals surface area contributed by atoms with Gasteiger partial charge in [-0.15, -0.1) is 0 Å². The zero-order valence-electron chi connectivity index (χ0n) is 39.2. The van der Waals surface area contributed by atoms with E-state index in [4.69, 9.17) is 4.74 Å². The first kappa shape index (κ1) is 54.7. The molecule has 0 aromatic heterocycles. The summed E-state index contributed by atoms with van der Waals surface area (Å²) in [5.74, 6) is -9.93. The monoisotopic (exact) mass is 938 g/mol. The Bertz CT molecular complexity index is 2010. The zero-order valence-corrected chi connectivity index (χ0v) is 39.2. The first-order valence-electron chi connectivity index (χ1n) is 22.3. The lowest BCUT2D eigenvalue weighted by Crippen LogP contribution is -2.62. The molecule has 1 saturated heterocycles. The van der Waals surface area contributed by atoms with Crippen LogP contribution in [0.2, 0.25) is 0 Å². The molecule has 0 unspecified atom stereocenters. The van der Waals surface area contributed by atoms with Gasteiger partial charge in [0, 0.05) is 46.4 Å². The molecule has 0 spiro atoms. The molecule has 67 heavy (non-hydrogen) atoms. The average molecular weight is 939 g/mol. The summed E-state index contributed by atoms with van der Waals surface area (Å²) in [6, 6.07) is 10.3. The summed E-state index contributed by atoms with van der Waals surface area (Å²) in [7, 11) is 1.60. The lowest BCUT2D eigenvalue weighted by Gasteiger charge is -2.35. The predicted molar refractivity (Wildman–Crippen MR) is 241 cm³/mol. The Hall–Kier alpha value is -6.61. The quantitative estimate of drug-likeness (QED) is 0.0589. The molecule has 0 radical (unpaired) electrons. The van der Waals surface area contributed by atoms with Crippen molar-refractivity contribution in [1.29, 1.82) is 0 Å². The molecule has 1 heterocycles. The van der Waals surface area contributed by atoms with Crippen LogP contribution in [0.4, 0.5) is 4.79 Å². The highest BCUT2D eigenvalue weighted by Crippen LogP contribution is 2.25. The average Bonchev–Trinajstić information content (AvgIpc) is 3.72. The summed E-state index contributed by atoms with van der Waals surface area (Å²) >= 11 is 0. The van der Waals surface area contributed by atoms with Crippen LogP contribution in [0, 0.1) is 11.8 Å². The van der Waals surface area contributed by atoms with Crippen molar-refractivity contribution >= 4 is 53.4 Å². The van der Waals surface area contributed by atoms with Crippen LogP contribution in [0.3, 0.4) is 0 Å². The van der Waals surface area contributed by atoms with Gasteiger partial charge in [-0.05, 0) is 35.8 Å². The maximum atomic E-state index is 14.7. The second kappa shape index (κ2) is 26.5. The van der Waals surface area contributed by atoms with Crippen LogP contribution in [-0.4, -0.2) is 145 Å². The second-order valence-electron chi connectivity index (χ2n) is 17.0. The van der Waals surface area contributed by atoms with Gasteiger partial charge in [-0.1, -0.05) is 102 Å². The molecule has 1 fully saturated rings. The molecule has 3 rings (SSSR count). The summed E-state index contributed by atoms with van der Waals surface area (Å²) in [5.41, 5.74) is 4.44. The topological polar surface area (TPSA) is 285 Å². The van der Waals surface area contributed by atoms with Gasteiger partial charge in [-0.25, -0.2) is 14.9 Å². The van der Waals surface area contributed by atoms with E-state index in [1.54, 1.807) is 27.8 Å². The highest BCUT2D eigenvalue weighted by Gasteiger charge is 2.45. The molecule has 368 valence electrons. The van der Waals surface area contributed by atoms with Gasteiger partial charge in [-0.3, -0.25) is 49.0 Å². The Morgan fingerprint density at radius 1 is 0.821 bits per heavy atom. The van der Waals surface area contributed by atoms with E-state index in [9.17, 15) is 58.6 Å². The Morgan fingerprint density at radius 3 is 1.97 bits per heavy atom. The van der Waals surface area contributed by atoms with Gasteiger partial charge in [0.25, 0.3) is 11.8 Å². The number of carbonyl (C=O) groups is 9. The maximum Gasteiger partial charge on any atom is 0.338 e. The Labute approximate surface area is 390 Å². The van der Waals surface area contributed by atoms with Crippen molar-refractivity contribution in [3.63, 3.8) is 0 Å². The number of aliphatic carboxylic acids is 2. The van der Waals surface area contributed by atoms with Crippen molar-refractivity contribution in [1.82, 2.24) is 41.2 Å². The summed E-state index contributed by atoms with van der Waals surface area (Å²) in [5, 5.41) is 38.5. The van der Waals surface area contributed by atoms with E-state index in [0.29, 0.717) is 6.42 Å². The number of amides is 8. The van der Waals surface area contributed by atoms with E-state index in [1.807, 2.05) is 67.6 Å². The molecule has 0 aliphatic carbocycles. The third-order valence-electron chi connectivity index (χ3n) is 11.2. The molecule has 21 heteroatoms. The molecular weight excluding hydrogens is 873 g/mol. The molecule has 7 N–H and O–H groups in total. The van der Waals surface area contributed by atoms with E-state index >= 15 is 0 Å². The number of rotatable bonds is 24. The summed E-state index contributed by atoms with van der Waals surface area (Å²) < 4.78 is 6.21. The van der Waals surface area contributed by atoms with Crippen LogP contribution < -0.4 is 21.4 Å². The smallest absolute Gasteiger partial charge is 0.338 e. The molecule has 1 aliphatic heterocycles. The van der Waals surface area contributed by atoms with Gasteiger partial charge in [0.05, 0.1) is 19.1 Å². The fourth-order valence-electron chi connectivity index (χ4n) is 7.45. The highest BCUT2D eigenvalue weighted by molar-refractivity contribution is 5.97. The van der Waals surface area contributed by atoms with Crippen molar-refractivity contribution in [2.45, 2.75) is 130 Å². The van der Waals surface area contributed by atoms with Crippen molar-refractivity contribution in [2.24, 2.45) is 11.8 Å². The number of urea groups is 1. The molecule has 0 saturated carbocycles. The van der Waals surface area contributed by atoms with Crippen LogP contribution in [-0.2, 0) is 56.2 Å². The van der Waals surface area contributed by atoms with E-state index in [-0.39, 0.29) is 44.1 Å². The molecule has 2 aromatic rings. The number of ether oxygens (including phenoxy) is 1. The van der Waals surface area contributed by atoms with Gasteiger partial charge in [0.1, 0.15) is 30.2 Å². The van der Waals surface area contributed by atoms with Crippen molar-refractivity contribution < 1.29 is 63.3 Å². The number of nitrogens with one attached hydrogen (secondary N) is 4. The number of carbonyl (C=O) groups excluding carboxylic acids is 7. The number of hydrazine groups is 1. The minimum atomic E-state index is -1.81. The molecule has 8 amide bonds. The first-order chi connectivity index (χ1) is 31.7. The van der Waals surface area contributed by atoms with Crippen LogP contribution in [0.25, 0.3) is 0 Å². The predicted octanol–water partition coefficient (Wildman–Crippen LogP) is 2.27. The molecule has 7 atom stereocenters. The van der Waals surface area contributed by atoms with Crippen LogP contribution >= 0.6 is 0 Å². The zero-order chi connectivity index (χ0) is 50.0. The van der Waals surface area contributed by atoms with E-state index in [2.05, 4.69) is 21.4 Å². The molecular formula is C46H66N8O13. The molecule has 21 nitrogen and oxygen atoms in total. The summed E-state index contributed by atoms with van der Waals surface area (Å²) in [4.78, 5) is 122. The largest absolute Gasteiger partial charge is 0.481 e. The molecule has 2 aromatic carbocycles. The number of benzene rings is 2.